The molecule has 42 heavy (non-hydrogen) atoms. The van der Waals surface area contributed by atoms with Crippen LogP contribution in [0.5, 0.6) is 11.6 Å². The number of carbonyl (C=O) groups is 1. The first-order valence-electron chi connectivity index (χ1n) is 15.2. The summed E-state index contributed by atoms with van der Waals surface area (Å²) in [6.45, 7) is 12.6. The lowest BCUT2D eigenvalue weighted by molar-refractivity contribution is 0.0302. The summed E-state index contributed by atoms with van der Waals surface area (Å²) >= 11 is 0. The molecule has 0 unspecified atom stereocenters. The minimum atomic E-state index is -0.445. The number of aromatic nitrogens is 1. The maximum atomic E-state index is 12.7. The predicted molar refractivity (Wildman–Crippen MR) is 163 cm³/mol. The van der Waals surface area contributed by atoms with Crippen LogP contribution in [0.2, 0.25) is 0 Å². The Morgan fingerprint density at radius 1 is 1.05 bits per heavy atom. The molecule has 224 valence electrons. The van der Waals surface area contributed by atoms with E-state index in [-0.39, 0.29) is 12.1 Å². The lowest BCUT2D eigenvalue weighted by Crippen LogP contribution is -2.48. The summed E-state index contributed by atoms with van der Waals surface area (Å²) < 4.78 is 17.6. The van der Waals surface area contributed by atoms with Crippen molar-refractivity contribution in [3.05, 3.63) is 59.4 Å². The molecule has 3 N–H and O–H groups in total. The van der Waals surface area contributed by atoms with Crippen LogP contribution in [0.25, 0.3) is 21.9 Å². The number of aliphatic hydroxyl groups excluding tert-OH is 1. The lowest BCUT2D eigenvalue weighted by atomic mass is 9.97. The highest BCUT2D eigenvalue weighted by atomic mass is 16.6. The molecule has 0 aliphatic carbocycles. The second-order valence-corrected chi connectivity index (χ2v) is 12.1. The number of ether oxygens (including phenoxy) is 2. The Labute approximate surface area is 246 Å². The van der Waals surface area contributed by atoms with Crippen LogP contribution in [-0.2, 0) is 6.61 Å². The summed E-state index contributed by atoms with van der Waals surface area (Å²) in [4.78, 5) is 20.8. The molecule has 4 heterocycles. The van der Waals surface area contributed by atoms with E-state index in [1.165, 1.54) is 11.1 Å². The highest BCUT2D eigenvalue weighted by molar-refractivity contribution is 5.88. The highest BCUT2D eigenvalue weighted by Gasteiger charge is 2.26. The van der Waals surface area contributed by atoms with E-state index >= 15 is 0 Å². The Hall–Kier alpha value is -3.53. The molecule has 0 spiro atoms. The third kappa shape index (κ3) is 6.43. The molecule has 2 fully saturated rings. The largest absolute Gasteiger partial charge is 0.488 e. The molecular formula is C33H42N4O5. The van der Waals surface area contributed by atoms with Crippen LogP contribution in [0.3, 0.4) is 0 Å². The van der Waals surface area contributed by atoms with Gasteiger partial charge < -0.3 is 39.1 Å². The van der Waals surface area contributed by atoms with Gasteiger partial charge in [0.25, 0.3) is 0 Å². The van der Waals surface area contributed by atoms with Crippen LogP contribution in [0.1, 0.15) is 42.9 Å². The number of aromatic amines is 1. The van der Waals surface area contributed by atoms with Gasteiger partial charge in [0.15, 0.2) is 0 Å². The number of fused-ring (bicyclic) bond motifs is 2. The molecule has 9 heteroatoms. The molecule has 1 amide bonds. The van der Waals surface area contributed by atoms with Crippen LogP contribution < -0.4 is 14.8 Å². The maximum Gasteiger partial charge on any atom is 0.414 e. The number of nitrogens with one attached hydrogen (secondary N) is 2. The number of aryl methyl sites for hydroxylation is 2. The topological polar surface area (TPSA) is 103 Å². The molecule has 0 saturated carbocycles. The van der Waals surface area contributed by atoms with Crippen LogP contribution in [0.15, 0.2) is 47.1 Å². The van der Waals surface area contributed by atoms with Crippen LogP contribution in [0, 0.1) is 19.8 Å². The van der Waals surface area contributed by atoms with E-state index in [0.29, 0.717) is 24.2 Å². The van der Waals surface area contributed by atoms with Crippen molar-refractivity contribution in [2.45, 2.75) is 58.8 Å². The predicted octanol–water partition coefficient (Wildman–Crippen LogP) is 5.37. The van der Waals surface area contributed by atoms with Gasteiger partial charge >= 0.3 is 6.09 Å². The van der Waals surface area contributed by atoms with Gasteiger partial charge in [-0.15, -0.1) is 0 Å². The second-order valence-electron chi connectivity index (χ2n) is 12.1. The zero-order chi connectivity index (χ0) is 29.2. The van der Waals surface area contributed by atoms with Gasteiger partial charge in [-0.3, -0.25) is 0 Å². The van der Waals surface area contributed by atoms with Gasteiger partial charge in [0.1, 0.15) is 17.9 Å². The molecule has 0 bridgehead atoms. The average molecular weight is 575 g/mol. The molecule has 2 aliphatic heterocycles. The summed E-state index contributed by atoms with van der Waals surface area (Å²) in [5.41, 5.74) is 5.10. The fourth-order valence-electron chi connectivity index (χ4n) is 6.19. The SMILES string of the molecule is Cc1cc2occ(COc3cccc4[nH]c(OC(=O)NC5CCN(CCN6CC[C@H](O)[C@@H](C)C6)CC5)cc34)c2cc1C. The number of piperidine rings is 2. The summed E-state index contributed by atoms with van der Waals surface area (Å²) in [5.74, 6) is 1.43. The van der Waals surface area contributed by atoms with E-state index in [2.05, 4.69) is 53.0 Å². The highest BCUT2D eigenvalue weighted by Crippen LogP contribution is 2.31. The smallest absolute Gasteiger partial charge is 0.414 e. The normalized spacial score (nSPS) is 20.8. The van der Waals surface area contributed by atoms with Gasteiger partial charge in [0, 0.05) is 67.7 Å². The Bertz CT molecular complexity index is 1540. The van der Waals surface area contributed by atoms with E-state index in [4.69, 9.17) is 13.9 Å². The Morgan fingerprint density at radius 2 is 1.81 bits per heavy atom. The van der Waals surface area contributed by atoms with E-state index in [1.54, 1.807) is 6.26 Å². The Balaban J connectivity index is 0.990. The van der Waals surface area contributed by atoms with Crippen molar-refractivity contribution in [2.24, 2.45) is 5.92 Å². The number of furan rings is 1. The number of hydrogen-bond acceptors (Lipinski definition) is 7. The van der Waals surface area contributed by atoms with Crippen molar-refractivity contribution in [2.75, 3.05) is 39.3 Å². The number of rotatable bonds is 8. The summed E-state index contributed by atoms with van der Waals surface area (Å²) in [7, 11) is 0. The molecule has 0 radical (unpaired) electrons. The third-order valence-electron chi connectivity index (χ3n) is 9.04. The van der Waals surface area contributed by atoms with Crippen molar-refractivity contribution < 1.29 is 23.8 Å². The number of hydrogen-bond donors (Lipinski definition) is 3. The number of likely N-dealkylation sites (tertiary alicyclic amines) is 2. The molecule has 6 rings (SSSR count). The molecule has 2 aromatic carbocycles. The van der Waals surface area contributed by atoms with Gasteiger partial charge in [-0.05, 0) is 74.4 Å². The molecule has 2 atom stereocenters. The lowest BCUT2D eigenvalue weighted by Gasteiger charge is -2.37. The zero-order valence-electron chi connectivity index (χ0n) is 24.8. The number of nitrogens with zero attached hydrogens (tertiary/aromatic N) is 2. The van der Waals surface area contributed by atoms with Crippen LogP contribution in [-0.4, -0.2) is 77.4 Å². The fourth-order valence-corrected chi connectivity index (χ4v) is 6.19. The number of carbonyl (C=O) groups excluding carboxylic acids is 1. The van der Waals surface area contributed by atoms with Gasteiger partial charge in [-0.1, -0.05) is 13.0 Å². The molecule has 2 aromatic heterocycles. The van der Waals surface area contributed by atoms with Crippen LogP contribution in [0.4, 0.5) is 4.79 Å². The van der Waals surface area contributed by atoms with Crippen molar-refractivity contribution in [1.82, 2.24) is 20.1 Å². The van der Waals surface area contributed by atoms with E-state index in [1.807, 2.05) is 24.3 Å². The average Bonchev–Trinajstić information content (AvgIpc) is 3.56. The van der Waals surface area contributed by atoms with Crippen molar-refractivity contribution in [1.29, 1.82) is 0 Å². The van der Waals surface area contributed by atoms with Crippen molar-refractivity contribution in [3.8, 4) is 11.6 Å². The summed E-state index contributed by atoms with van der Waals surface area (Å²) in [5, 5.41) is 14.9. The van der Waals surface area contributed by atoms with Gasteiger partial charge in [-0.25, -0.2) is 4.79 Å². The quantitative estimate of drug-likeness (QED) is 0.260. The molecular weight excluding hydrogens is 532 g/mol. The number of amides is 1. The molecule has 4 aromatic rings. The Morgan fingerprint density at radius 3 is 2.62 bits per heavy atom. The van der Waals surface area contributed by atoms with Gasteiger partial charge in [0.2, 0.25) is 5.88 Å². The van der Waals surface area contributed by atoms with Crippen LogP contribution >= 0.6 is 0 Å². The fraction of sp³-hybridized carbons (Fsp3) is 0.485. The number of H-pyrrole nitrogens is 1. The van der Waals surface area contributed by atoms with E-state index in [9.17, 15) is 9.90 Å². The molecule has 9 nitrogen and oxygen atoms in total. The van der Waals surface area contributed by atoms with Crippen molar-refractivity contribution >= 4 is 28.0 Å². The van der Waals surface area contributed by atoms with Crippen molar-refractivity contribution in [3.63, 3.8) is 0 Å². The summed E-state index contributed by atoms with van der Waals surface area (Å²) in [6.07, 6.45) is 3.81. The first kappa shape index (κ1) is 28.6. The van der Waals surface area contributed by atoms with Gasteiger partial charge in [-0.2, -0.15) is 0 Å². The Kier molecular flexibility index (Phi) is 8.42. The second kappa shape index (κ2) is 12.4. The van der Waals surface area contributed by atoms with Gasteiger partial charge in [0.05, 0.1) is 17.9 Å². The summed E-state index contributed by atoms with van der Waals surface area (Å²) in [6, 6.07) is 11.9. The molecule has 2 saturated heterocycles. The monoisotopic (exact) mass is 574 g/mol. The first-order valence-corrected chi connectivity index (χ1v) is 15.2. The third-order valence-corrected chi connectivity index (χ3v) is 9.04. The first-order chi connectivity index (χ1) is 20.3. The maximum absolute atomic E-state index is 12.7. The van der Waals surface area contributed by atoms with E-state index in [0.717, 1.165) is 86.0 Å². The minimum Gasteiger partial charge on any atom is -0.488 e. The zero-order valence-corrected chi connectivity index (χ0v) is 24.8. The standard InChI is InChI=1S/C33H42N4O5/c1-21-15-26-24(20-41-31(26)16-22(21)2)19-40-30-6-4-5-28-27(30)17-32(35-28)42-33(39)34-25-7-10-36(11-8-25)13-14-37-12-9-29(38)23(3)18-37/h4-6,15-17,20,23,25,29,35,38H,7-14,18-19H2,1-3H3,(H,34,39)/t23-,29-/m0/s1. The number of aliphatic hydroxyl groups is 1. The molecule has 2 aliphatic rings. The minimum absolute atomic E-state index is 0.0967. The van der Waals surface area contributed by atoms with E-state index < -0.39 is 6.09 Å². The number of benzene rings is 2.